The summed E-state index contributed by atoms with van der Waals surface area (Å²) in [7, 11) is 0. The Hall–Kier alpha value is -2.94. The van der Waals surface area contributed by atoms with Crippen molar-refractivity contribution >= 4 is 11.8 Å². The molecule has 0 fully saturated rings. The van der Waals surface area contributed by atoms with Crippen molar-refractivity contribution in [3.05, 3.63) is 53.5 Å². The fourth-order valence-electron chi connectivity index (χ4n) is 1.41. The number of rotatable bonds is 4. The van der Waals surface area contributed by atoms with Crippen LogP contribution in [0.3, 0.4) is 0 Å². The third kappa shape index (κ3) is 3.26. The number of aromatic carboxylic acids is 1. The van der Waals surface area contributed by atoms with Crippen LogP contribution in [0.4, 0.5) is 5.82 Å². The molecular formula is C13H10N4O2. The van der Waals surface area contributed by atoms with E-state index < -0.39 is 5.97 Å². The molecule has 0 bridgehead atoms. The van der Waals surface area contributed by atoms with Crippen LogP contribution in [-0.4, -0.2) is 21.0 Å². The van der Waals surface area contributed by atoms with E-state index in [1.165, 1.54) is 18.5 Å². The zero-order valence-electron chi connectivity index (χ0n) is 9.87. The first-order valence-corrected chi connectivity index (χ1v) is 5.47. The average Bonchev–Trinajstić information content (AvgIpc) is 2.46. The molecule has 0 aliphatic rings. The van der Waals surface area contributed by atoms with E-state index in [-0.39, 0.29) is 5.69 Å². The molecule has 0 spiro atoms. The van der Waals surface area contributed by atoms with Gasteiger partial charge in [0.15, 0.2) is 0 Å². The largest absolute Gasteiger partial charge is 0.477 e. The Bertz CT molecular complexity index is 615. The van der Waals surface area contributed by atoms with E-state index >= 15 is 0 Å². The zero-order chi connectivity index (χ0) is 13.7. The van der Waals surface area contributed by atoms with Crippen LogP contribution in [0.5, 0.6) is 0 Å². The highest BCUT2D eigenvalue weighted by Gasteiger charge is 2.03. The van der Waals surface area contributed by atoms with Gasteiger partial charge in [0.1, 0.15) is 17.6 Å². The molecular weight excluding hydrogens is 244 g/mol. The lowest BCUT2D eigenvalue weighted by atomic mass is 10.2. The summed E-state index contributed by atoms with van der Waals surface area (Å²) in [5, 5.41) is 20.4. The van der Waals surface area contributed by atoms with Crippen LogP contribution in [-0.2, 0) is 6.54 Å². The Morgan fingerprint density at radius 3 is 2.63 bits per heavy atom. The second kappa shape index (κ2) is 5.60. The van der Waals surface area contributed by atoms with Gasteiger partial charge in [0, 0.05) is 18.9 Å². The fraction of sp³-hybridized carbons (Fsp3) is 0.0769. The number of nitrogens with zero attached hydrogens (tertiary/aromatic N) is 3. The normalized spacial score (nSPS) is 9.63. The van der Waals surface area contributed by atoms with Gasteiger partial charge in [-0.3, -0.25) is 0 Å². The van der Waals surface area contributed by atoms with E-state index in [1.54, 1.807) is 18.2 Å². The van der Waals surface area contributed by atoms with Crippen molar-refractivity contribution in [1.82, 2.24) is 9.97 Å². The minimum atomic E-state index is -1.05. The number of nitriles is 1. The van der Waals surface area contributed by atoms with Crippen molar-refractivity contribution in [2.24, 2.45) is 0 Å². The molecule has 0 aromatic carbocycles. The van der Waals surface area contributed by atoms with Gasteiger partial charge in [0.2, 0.25) is 0 Å². The van der Waals surface area contributed by atoms with Gasteiger partial charge in [-0.25, -0.2) is 14.8 Å². The summed E-state index contributed by atoms with van der Waals surface area (Å²) in [6.07, 6.45) is 2.98. The first-order valence-electron chi connectivity index (χ1n) is 5.47. The predicted molar refractivity (Wildman–Crippen MR) is 67.5 cm³/mol. The van der Waals surface area contributed by atoms with E-state index in [9.17, 15) is 4.79 Å². The average molecular weight is 254 g/mol. The monoisotopic (exact) mass is 254 g/mol. The lowest BCUT2D eigenvalue weighted by molar-refractivity contribution is 0.0690. The summed E-state index contributed by atoms with van der Waals surface area (Å²) < 4.78 is 0. The number of carboxylic acids is 1. The van der Waals surface area contributed by atoms with Crippen molar-refractivity contribution in [3.8, 4) is 6.07 Å². The SMILES string of the molecule is N#Cc1ccc(NCc2ccc(C(=O)O)nc2)nc1. The van der Waals surface area contributed by atoms with Crippen LogP contribution < -0.4 is 5.32 Å². The molecule has 0 saturated heterocycles. The van der Waals surface area contributed by atoms with E-state index in [0.29, 0.717) is 17.9 Å². The van der Waals surface area contributed by atoms with Crippen molar-refractivity contribution < 1.29 is 9.90 Å². The van der Waals surface area contributed by atoms with Crippen LogP contribution in [0, 0.1) is 11.3 Å². The van der Waals surface area contributed by atoms with Crippen molar-refractivity contribution in [2.45, 2.75) is 6.54 Å². The smallest absolute Gasteiger partial charge is 0.354 e. The molecule has 2 rings (SSSR count). The van der Waals surface area contributed by atoms with Gasteiger partial charge >= 0.3 is 5.97 Å². The standard InChI is InChI=1S/C13H10N4O2/c14-5-9-2-4-12(16-6-9)17-8-10-1-3-11(13(18)19)15-7-10/h1-4,6-7H,8H2,(H,16,17)(H,18,19). The molecule has 6 heteroatoms. The van der Waals surface area contributed by atoms with Gasteiger partial charge in [-0.05, 0) is 23.8 Å². The van der Waals surface area contributed by atoms with Crippen LogP contribution in [0.15, 0.2) is 36.7 Å². The first-order chi connectivity index (χ1) is 9.19. The first kappa shape index (κ1) is 12.5. The van der Waals surface area contributed by atoms with Gasteiger partial charge in [-0.1, -0.05) is 6.07 Å². The molecule has 0 atom stereocenters. The van der Waals surface area contributed by atoms with Crippen molar-refractivity contribution in [2.75, 3.05) is 5.32 Å². The molecule has 0 unspecified atom stereocenters. The van der Waals surface area contributed by atoms with Gasteiger partial charge in [0.05, 0.1) is 5.56 Å². The van der Waals surface area contributed by atoms with Crippen LogP contribution in [0.1, 0.15) is 21.6 Å². The zero-order valence-corrected chi connectivity index (χ0v) is 9.87. The third-order valence-electron chi connectivity index (χ3n) is 2.41. The van der Waals surface area contributed by atoms with Gasteiger partial charge < -0.3 is 10.4 Å². The number of pyridine rings is 2. The Kier molecular flexibility index (Phi) is 3.69. The summed E-state index contributed by atoms with van der Waals surface area (Å²) in [6.45, 7) is 0.478. The van der Waals surface area contributed by atoms with Crippen LogP contribution in [0.25, 0.3) is 0 Å². The molecule has 6 nitrogen and oxygen atoms in total. The Balaban J connectivity index is 1.98. The Morgan fingerprint density at radius 2 is 2.11 bits per heavy atom. The van der Waals surface area contributed by atoms with Crippen LogP contribution in [0.2, 0.25) is 0 Å². The van der Waals surface area contributed by atoms with Gasteiger partial charge in [0.25, 0.3) is 0 Å². The fourth-order valence-corrected chi connectivity index (χ4v) is 1.41. The summed E-state index contributed by atoms with van der Waals surface area (Å²) in [5.41, 5.74) is 1.36. The number of aromatic nitrogens is 2. The molecule has 19 heavy (non-hydrogen) atoms. The van der Waals surface area contributed by atoms with Gasteiger partial charge in [-0.15, -0.1) is 0 Å². The number of nitrogens with one attached hydrogen (secondary N) is 1. The second-order valence-electron chi connectivity index (χ2n) is 3.75. The summed E-state index contributed by atoms with van der Waals surface area (Å²) in [4.78, 5) is 18.5. The lowest BCUT2D eigenvalue weighted by Gasteiger charge is -2.05. The number of carbonyl (C=O) groups is 1. The number of carboxylic acid groups (broad SMARTS) is 1. The van der Waals surface area contributed by atoms with Crippen molar-refractivity contribution in [1.29, 1.82) is 5.26 Å². The minimum Gasteiger partial charge on any atom is -0.477 e. The number of hydrogen-bond acceptors (Lipinski definition) is 5. The van der Waals surface area contributed by atoms with E-state index in [4.69, 9.17) is 10.4 Å². The molecule has 0 saturated carbocycles. The molecule has 0 aliphatic heterocycles. The molecule has 0 amide bonds. The third-order valence-corrected chi connectivity index (χ3v) is 2.41. The molecule has 2 aromatic heterocycles. The Morgan fingerprint density at radius 1 is 1.26 bits per heavy atom. The lowest BCUT2D eigenvalue weighted by Crippen LogP contribution is -2.04. The maximum atomic E-state index is 10.6. The van der Waals surface area contributed by atoms with Crippen molar-refractivity contribution in [3.63, 3.8) is 0 Å². The highest BCUT2D eigenvalue weighted by atomic mass is 16.4. The summed E-state index contributed by atoms with van der Waals surface area (Å²) in [6, 6.07) is 8.50. The van der Waals surface area contributed by atoms with E-state index in [0.717, 1.165) is 5.56 Å². The summed E-state index contributed by atoms with van der Waals surface area (Å²) in [5.74, 6) is -0.408. The maximum Gasteiger partial charge on any atom is 0.354 e. The number of anilines is 1. The van der Waals surface area contributed by atoms with Gasteiger partial charge in [-0.2, -0.15) is 5.26 Å². The summed E-state index contributed by atoms with van der Waals surface area (Å²) >= 11 is 0. The van der Waals surface area contributed by atoms with E-state index in [1.807, 2.05) is 6.07 Å². The van der Waals surface area contributed by atoms with Crippen LogP contribution >= 0.6 is 0 Å². The quantitative estimate of drug-likeness (QED) is 0.860. The molecule has 2 aromatic rings. The molecule has 2 heterocycles. The highest BCUT2D eigenvalue weighted by Crippen LogP contribution is 2.07. The number of hydrogen-bond donors (Lipinski definition) is 2. The second-order valence-corrected chi connectivity index (χ2v) is 3.75. The topological polar surface area (TPSA) is 98.9 Å². The Labute approximate surface area is 109 Å². The highest BCUT2D eigenvalue weighted by molar-refractivity contribution is 5.85. The minimum absolute atomic E-state index is 0.0141. The molecule has 0 aliphatic carbocycles. The molecule has 94 valence electrons. The van der Waals surface area contributed by atoms with E-state index in [2.05, 4.69) is 15.3 Å². The maximum absolute atomic E-state index is 10.6. The molecule has 2 N–H and O–H groups in total. The molecule has 0 radical (unpaired) electrons. The predicted octanol–water partition coefficient (Wildman–Crippen LogP) is 1.66.